The van der Waals surface area contributed by atoms with Crippen LogP contribution in [0.5, 0.6) is 5.75 Å². The zero-order chi connectivity index (χ0) is 18.7. The van der Waals surface area contributed by atoms with E-state index in [4.69, 9.17) is 9.47 Å². The fourth-order valence-electron chi connectivity index (χ4n) is 2.60. The SMILES string of the molecule is COC(=O)C(Oc1cccc2ccc(S(=O)(=O)O)cc12)c1ccccc1. The van der Waals surface area contributed by atoms with Crippen molar-refractivity contribution in [2.24, 2.45) is 0 Å². The van der Waals surface area contributed by atoms with Crippen LogP contribution in [-0.4, -0.2) is 26.0 Å². The molecule has 0 saturated heterocycles. The highest BCUT2D eigenvalue weighted by Gasteiger charge is 2.24. The van der Waals surface area contributed by atoms with E-state index in [-0.39, 0.29) is 4.90 Å². The van der Waals surface area contributed by atoms with Crippen molar-refractivity contribution in [3.05, 3.63) is 72.3 Å². The predicted molar refractivity (Wildman–Crippen MR) is 95.6 cm³/mol. The van der Waals surface area contributed by atoms with Gasteiger partial charge in [0.2, 0.25) is 6.10 Å². The molecular formula is C19H16O6S. The van der Waals surface area contributed by atoms with Gasteiger partial charge in [0, 0.05) is 10.9 Å². The number of ether oxygens (including phenoxy) is 2. The van der Waals surface area contributed by atoms with Gasteiger partial charge in [0.25, 0.3) is 10.1 Å². The van der Waals surface area contributed by atoms with Crippen LogP contribution in [0.3, 0.4) is 0 Å². The summed E-state index contributed by atoms with van der Waals surface area (Å²) in [6, 6.07) is 18.1. The number of benzene rings is 3. The summed E-state index contributed by atoms with van der Waals surface area (Å²) in [7, 11) is -3.09. The summed E-state index contributed by atoms with van der Waals surface area (Å²) in [5.74, 6) is -0.286. The van der Waals surface area contributed by atoms with E-state index in [1.165, 1.54) is 19.2 Å². The summed E-state index contributed by atoms with van der Waals surface area (Å²) in [4.78, 5) is 11.9. The van der Waals surface area contributed by atoms with E-state index in [9.17, 15) is 17.8 Å². The molecule has 0 aromatic heterocycles. The Kier molecular flexibility index (Phi) is 4.92. The second-order valence-corrected chi connectivity index (χ2v) is 6.97. The molecule has 134 valence electrons. The summed E-state index contributed by atoms with van der Waals surface area (Å²) in [6.07, 6.45) is -1.01. The molecule has 1 unspecified atom stereocenters. The van der Waals surface area contributed by atoms with E-state index in [0.717, 1.165) is 0 Å². The molecular weight excluding hydrogens is 356 g/mol. The van der Waals surface area contributed by atoms with Gasteiger partial charge in [-0.15, -0.1) is 0 Å². The Hall–Kier alpha value is -2.90. The van der Waals surface area contributed by atoms with Gasteiger partial charge < -0.3 is 9.47 Å². The summed E-state index contributed by atoms with van der Waals surface area (Å²) in [6.45, 7) is 0. The molecule has 0 spiro atoms. The van der Waals surface area contributed by atoms with E-state index in [0.29, 0.717) is 22.1 Å². The van der Waals surface area contributed by atoms with Crippen molar-refractivity contribution >= 4 is 26.9 Å². The molecule has 3 aromatic carbocycles. The van der Waals surface area contributed by atoms with Crippen molar-refractivity contribution < 1.29 is 27.2 Å². The van der Waals surface area contributed by atoms with Crippen molar-refractivity contribution in [3.63, 3.8) is 0 Å². The quantitative estimate of drug-likeness (QED) is 0.545. The van der Waals surface area contributed by atoms with Crippen LogP contribution >= 0.6 is 0 Å². The van der Waals surface area contributed by atoms with Crippen LogP contribution in [-0.2, 0) is 19.6 Å². The molecule has 0 saturated carbocycles. The number of hydrogen-bond acceptors (Lipinski definition) is 5. The maximum atomic E-state index is 12.2. The molecule has 3 rings (SSSR count). The normalized spacial score (nSPS) is 12.5. The van der Waals surface area contributed by atoms with E-state index >= 15 is 0 Å². The van der Waals surface area contributed by atoms with Crippen LogP contribution in [0.1, 0.15) is 11.7 Å². The van der Waals surface area contributed by atoms with Crippen molar-refractivity contribution in [2.45, 2.75) is 11.0 Å². The fraction of sp³-hybridized carbons (Fsp3) is 0.105. The number of hydrogen-bond donors (Lipinski definition) is 1. The highest BCUT2D eigenvalue weighted by Crippen LogP contribution is 2.32. The smallest absolute Gasteiger partial charge is 0.351 e. The van der Waals surface area contributed by atoms with Gasteiger partial charge >= 0.3 is 5.97 Å². The summed E-state index contributed by atoms with van der Waals surface area (Å²) < 4.78 is 42.8. The van der Waals surface area contributed by atoms with E-state index in [1.807, 2.05) is 6.07 Å². The first-order valence-electron chi connectivity index (χ1n) is 7.70. The van der Waals surface area contributed by atoms with Gasteiger partial charge in [0.05, 0.1) is 12.0 Å². The molecule has 0 aliphatic heterocycles. The standard InChI is InChI=1S/C19H16O6S/c1-24-19(20)18(14-6-3-2-4-7-14)25-17-9-5-8-13-10-11-15(12-16(13)17)26(21,22)23/h2-12,18H,1H3,(H,21,22,23). The lowest BCUT2D eigenvalue weighted by Crippen LogP contribution is -2.20. The average molecular weight is 372 g/mol. The van der Waals surface area contributed by atoms with Crippen LogP contribution in [0.2, 0.25) is 0 Å². The molecule has 0 bridgehead atoms. The third-order valence-corrected chi connectivity index (χ3v) is 4.72. The maximum absolute atomic E-state index is 12.2. The molecule has 3 aromatic rings. The van der Waals surface area contributed by atoms with Crippen molar-refractivity contribution in [1.29, 1.82) is 0 Å². The minimum Gasteiger partial charge on any atom is -0.473 e. The number of methoxy groups -OCH3 is 1. The van der Waals surface area contributed by atoms with Gasteiger partial charge in [-0.05, 0) is 23.6 Å². The molecule has 1 atom stereocenters. The number of esters is 1. The van der Waals surface area contributed by atoms with Crippen LogP contribution in [0.15, 0.2) is 71.6 Å². The Morgan fingerprint density at radius 3 is 2.38 bits per heavy atom. The zero-order valence-electron chi connectivity index (χ0n) is 13.8. The zero-order valence-corrected chi connectivity index (χ0v) is 14.6. The molecule has 26 heavy (non-hydrogen) atoms. The Labute approximate surface area is 150 Å². The molecule has 0 aliphatic carbocycles. The lowest BCUT2D eigenvalue weighted by atomic mass is 10.1. The summed E-state index contributed by atoms with van der Waals surface area (Å²) in [5.41, 5.74) is 0.599. The lowest BCUT2D eigenvalue weighted by molar-refractivity contribution is -0.149. The highest BCUT2D eigenvalue weighted by atomic mass is 32.2. The topological polar surface area (TPSA) is 89.9 Å². The molecule has 0 radical (unpaired) electrons. The van der Waals surface area contributed by atoms with Crippen molar-refractivity contribution in [2.75, 3.05) is 7.11 Å². The predicted octanol–water partition coefficient (Wildman–Crippen LogP) is 3.38. The third kappa shape index (κ3) is 3.68. The first-order chi connectivity index (χ1) is 12.4. The highest BCUT2D eigenvalue weighted by molar-refractivity contribution is 7.85. The van der Waals surface area contributed by atoms with Crippen LogP contribution < -0.4 is 4.74 Å². The van der Waals surface area contributed by atoms with Gasteiger partial charge in [-0.3, -0.25) is 4.55 Å². The summed E-state index contributed by atoms with van der Waals surface area (Å²) >= 11 is 0. The Morgan fingerprint density at radius 2 is 1.73 bits per heavy atom. The third-order valence-electron chi connectivity index (χ3n) is 3.87. The molecule has 0 amide bonds. The van der Waals surface area contributed by atoms with Gasteiger partial charge in [-0.25, -0.2) is 4.79 Å². The molecule has 0 fully saturated rings. The first-order valence-corrected chi connectivity index (χ1v) is 9.14. The average Bonchev–Trinajstić information content (AvgIpc) is 2.65. The van der Waals surface area contributed by atoms with E-state index in [1.54, 1.807) is 48.5 Å². The fourth-order valence-corrected chi connectivity index (χ4v) is 3.11. The van der Waals surface area contributed by atoms with Gasteiger partial charge in [-0.1, -0.05) is 48.5 Å². The van der Waals surface area contributed by atoms with Gasteiger partial charge in [0.15, 0.2) is 0 Å². The minimum atomic E-state index is -4.36. The monoisotopic (exact) mass is 372 g/mol. The number of carbonyl (C=O) groups excluding carboxylic acids is 1. The Morgan fingerprint density at radius 1 is 1.00 bits per heavy atom. The second kappa shape index (κ2) is 7.15. The van der Waals surface area contributed by atoms with E-state index < -0.39 is 22.2 Å². The Balaban J connectivity index is 2.10. The van der Waals surface area contributed by atoms with Gasteiger partial charge in [-0.2, -0.15) is 8.42 Å². The number of rotatable bonds is 5. The summed E-state index contributed by atoms with van der Waals surface area (Å²) in [5, 5.41) is 1.15. The maximum Gasteiger partial charge on any atom is 0.351 e. The second-order valence-electron chi connectivity index (χ2n) is 5.55. The lowest BCUT2D eigenvalue weighted by Gasteiger charge is -2.18. The van der Waals surface area contributed by atoms with Crippen molar-refractivity contribution in [3.8, 4) is 5.75 Å². The number of carbonyl (C=O) groups is 1. The molecule has 1 N–H and O–H groups in total. The van der Waals surface area contributed by atoms with Crippen molar-refractivity contribution in [1.82, 2.24) is 0 Å². The minimum absolute atomic E-state index is 0.254. The van der Waals surface area contributed by atoms with Gasteiger partial charge in [0.1, 0.15) is 5.75 Å². The molecule has 0 heterocycles. The number of fused-ring (bicyclic) bond motifs is 1. The largest absolute Gasteiger partial charge is 0.473 e. The Bertz CT molecular complexity index is 1040. The van der Waals surface area contributed by atoms with Crippen LogP contribution in [0.25, 0.3) is 10.8 Å². The van der Waals surface area contributed by atoms with Crippen LogP contribution in [0, 0.1) is 0 Å². The van der Waals surface area contributed by atoms with E-state index in [2.05, 4.69) is 0 Å². The molecule has 7 heteroatoms. The molecule has 0 aliphatic rings. The van der Waals surface area contributed by atoms with Crippen LogP contribution in [0.4, 0.5) is 0 Å². The first kappa shape index (κ1) is 17.9. The molecule has 6 nitrogen and oxygen atoms in total.